The summed E-state index contributed by atoms with van der Waals surface area (Å²) in [5, 5.41) is 52.4. The van der Waals surface area contributed by atoms with Crippen LogP contribution in [0.15, 0.2) is 65.8 Å². The van der Waals surface area contributed by atoms with Gasteiger partial charge in [-0.2, -0.15) is 0 Å². The van der Waals surface area contributed by atoms with E-state index >= 15 is 0 Å². The van der Waals surface area contributed by atoms with E-state index in [2.05, 4.69) is 16.4 Å². The molecule has 2 aromatic carbocycles. The van der Waals surface area contributed by atoms with Crippen LogP contribution >= 0.6 is 11.6 Å². The largest absolute Gasteiger partial charge is 0.490 e. The Morgan fingerprint density at radius 1 is 1.06 bits per heavy atom. The molecule has 266 valence electrons. The van der Waals surface area contributed by atoms with Gasteiger partial charge in [-0.25, -0.2) is 8.42 Å². The number of para-hydroxylation sites is 1. The lowest BCUT2D eigenvalue weighted by atomic mass is 9.94. The standard InChI is InChI=1S/C35H44ClN3O9S/c1-39(20-29(41)33(44)34(45)30(42)21-40)32(43)7-4-16-49(46,47)24-10-11-28(36)22(17-24)18-38-35(13-14-35)27-19-37-15-12-25(27)26-5-2-3-6-31(26)48-23-8-9-23/h2-3,5-6,10-12,15,17,19,23,29-30,33-34,38,40-42,44-45H,4,7-9,13-14,16,18,20-21H2,1H3/t29-,30+,33+,34+/m0/s1. The maximum atomic E-state index is 13.3. The van der Waals surface area contributed by atoms with Crippen LogP contribution in [0.5, 0.6) is 5.75 Å². The van der Waals surface area contributed by atoms with E-state index in [0.717, 1.165) is 53.0 Å². The smallest absolute Gasteiger partial charge is 0.222 e. The van der Waals surface area contributed by atoms with Gasteiger partial charge >= 0.3 is 0 Å². The van der Waals surface area contributed by atoms with Crippen LogP contribution in [0.3, 0.4) is 0 Å². The van der Waals surface area contributed by atoms with E-state index in [0.29, 0.717) is 17.1 Å². The topological polar surface area (TPSA) is 190 Å². The van der Waals surface area contributed by atoms with Crippen molar-refractivity contribution in [3.05, 3.63) is 77.1 Å². The third-order valence-corrected chi connectivity index (χ3v) is 11.3. The molecule has 1 amide bonds. The number of rotatable bonds is 18. The first-order valence-corrected chi connectivity index (χ1v) is 18.4. The fourth-order valence-electron chi connectivity index (χ4n) is 5.75. The van der Waals surface area contributed by atoms with Crippen LogP contribution in [0.1, 0.15) is 49.7 Å². The Kier molecular flexibility index (Phi) is 12.0. The van der Waals surface area contributed by atoms with E-state index < -0.39 is 46.8 Å². The van der Waals surface area contributed by atoms with E-state index in [1.807, 2.05) is 30.5 Å². The van der Waals surface area contributed by atoms with Crippen molar-refractivity contribution in [3.63, 3.8) is 0 Å². The number of sulfone groups is 1. The van der Waals surface area contributed by atoms with E-state index in [4.69, 9.17) is 21.4 Å². The first-order chi connectivity index (χ1) is 23.3. The van der Waals surface area contributed by atoms with Crippen molar-refractivity contribution in [2.45, 2.75) is 86.0 Å². The molecule has 0 saturated heterocycles. The molecule has 12 nitrogen and oxygen atoms in total. The molecule has 49 heavy (non-hydrogen) atoms. The number of amides is 1. The van der Waals surface area contributed by atoms with Crippen LogP contribution in [0, 0.1) is 0 Å². The molecular weight excluding hydrogens is 674 g/mol. The molecular formula is C35H44ClN3O9S. The summed E-state index contributed by atoms with van der Waals surface area (Å²) in [5.74, 6) is 0.0542. The van der Waals surface area contributed by atoms with Crippen LogP contribution < -0.4 is 10.1 Å². The number of likely N-dealkylation sites (N-methyl/N-ethyl adjacent to an activating group) is 1. The number of nitrogens with zero attached hydrogens (tertiary/aromatic N) is 2. The van der Waals surface area contributed by atoms with E-state index in [-0.39, 0.29) is 41.7 Å². The number of halogens is 1. The number of aliphatic hydroxyl groups excluding tert-OH is 5. The minimum absolute atomic E-state index is 0.00501. The van der Waals surface area contributed by atoms with Gasteiger partial charge in [-0.3, -0.25) is 9.78 Å². The zero-order valence-electron chi connectivity index (χ0n) is 27.3. The van der Waals surface area contributed by atoms with Crippen LogP contribution in [-0.2, 0) is 26.7 Å². The molecule has 6 N–H and O–H groups in total. The SMILES string of the molecule is CN(C[C@H](O)[C@@H](O)[C@H](O)[C@H](O)CO)C(=O)CCCS(=O)(=O)c1ccc(Cl)c(CNC2(c3cnccc3-c3ccccc3OC3CC3)CC2)c1. The lowest BCUT2D eigenvalue weighted by molar-refractivity contribution is -0.138. The minimum Gasteiger partial charge on any atom is -0.490 e. The molecule has 2 saturated carbocycles. The van der Waals surface area contributed by atoms with Crippen LogP contribution in [-0.4, -0.2) is 106 Å². The Morgan fingerprint density at radius 2 is 1.78 bits per heavy atom. The monoisotopic (exact) mass is 717 g/mol. The molecule has 0 spiro atoms. The highest BCUT2D eigenvalue weighted by molar-refractivity contribution is 7.91. The molecule has 1 aromatic heterocycles. The molecule has 0 bridgehead atoms. The van der Waals surface area contributed by atoms with Gasteiger partial charge in [0.15, 0.2) is 9.84 Å². The summed E-state index contributed by atoms with van der Waals surface area (Å²) >= 11 is 6.54. The second-order valence-electron chi connectivity index (χ2n) is 12.9. The van der Waals surface area contributed by atoms with Crippen molar-refractivity contribution >= 4 is 27.3 Å². The number of ether oxygens (including phenoxy) is 1. The molecule has 0 unspecified atom stereocenters. The minimum atomic E-state index is -3.78. The second-order valence-corrected chi connectivity index (χ2v) is 15.4. The summed E-state index contributed by atoms with van der Waals surface area (Å²) < 4.78 is 32.8. The van der Waals surface area contributed by atoms with Crippen molar-refractivity contribution in [2.75, 3.05) is 26.0 Å². The third-order valence-electron chi connectivity index (χ3n) is 9.09. The van der Waals surface area contributed by atoms with Crippen molar-refractivity contribution in [1.82, 2.24) is 15.2 Å². The Balaban J connectivity index is 1.20. The Morgan fingerprint density at radius 3 is 2.47 bits per heavy atom. The zero-order valence-corrected chi connectivity index (χ0v) is 28.9. The highest BCUT2D eigenvalue weighted by atomic mass is 35.5. The number of hydrogen-bond donors (Lipinski definition) is 6. The number of aliphatic hydroxyl groups is 5. The number of nitrogens with one attached hydrogen (secondary N) is 1. The number of aromatic nitrogens is 1. The van der Waals surface area contributed by atoms with Gasteiger partial charge in [-0.05, 0) is 79.1 Å². The van der Waals surface area contributed by atoms with Crippen LogP contribution in [0.25, 0.3) is 11.1 Å². The Hall–Kier alpha value is -3.14. The van der Waals surface area contributed by atoms with Gasteiger partial charge in [0, 0.05) is 55.1 Å². The summed E-state index contributed by atoms with van der Waals surface area (Å²) in [7, 11) is -2.42. The molecule has 5 rings (SSSR count). The zero-order chi connectivity index (χ0) is 35.3. The highest BCUT2D eigenvalue weighted by Gasteiger charge is 2.46. The summed E-state index contributed by atoms with van der Waals surface area (Å²) in [6.07, 6.45) is 0.711. The van der Waals surface area contributed by atoms with Gasteiger partial charge < -0.3 is 40.5 Å². The van der Waals surface area contributed by atoms with E-state index in [9.17, 15) is 33.6 Å². The summed E-state index contributed by atoms with van der Waals surface area (Å²) in [6, 6.07) is 14.5. The van der Waals surface area contributed by atoms with Gasteiger partial charge in [-0.1, -0.05) is 29.8 Å². The molecule has 0 aliphatic heterocycles. The van der Waals surface area contributed by atoms with Gasteiger partial charge in [0.05, 0.1) is 23.4 Å². The molecule has 3 aromatic rings. The molecule has 2 aliphatic rings. The Labute approximate surface area is 291 Å². The van der Waals surface area contributed by atoms with Crippen LogP contribution in [0.2, 0.25) is 5.02 Å². The predicted molar refractivity (Wildman–Crippen MR) is 183 cm³/mol. The third kappa shape index (κ3) is 9.16. The molecule has 0 radical (unpaired) electrons. The quantitative estimate of drug-likeness (QED) is 0.113. The maximum absolute atomic E-state index is 13.3. The molecule has 2 aliphatic carbocycles. The number of benzene rings is 2. The lowest BCUT2D eigenvalue weighted by Gasteiger charge is -2.28. The van der Waals surface area contributed by atoms with Crippen molar-refractivity contribution in [2.24, 2.45) is 0 Å². The van der Waals surface area contributed by atoms with Crippen molar-refractivity contribution in [1.29, 1.82) is 0 Å². The Bertz CT molecular complexity index is 1720. The molecule has 4 atom stereocenters. The van der Waals surface area contributed by atoms with Gasteiger partial charge in [0.25, 0.3) is 0 Å². The number of pyridine rings is 1. The average Bonchev–Trinajstić information content (AvgIpc) is 4.04. The number of carbonyl (C=O) groups is 1. The van der Waals surface area contributed by atoms with Gasteiger partial charge in [0.1, 0.15) is 30.2 Å². The summed E-state index contributed by atoms with van der Waals surface area (Å²) in [4.78, 5) is 18.2. The first-order valence-electron chi connectivity index (χ1n) is 16.4. The first kappa shape index (κ1) is 37.1. The van der Waals surface area contributed by atoms with Gasteiger partial charge in [-0.15, -0.1) is 0 Å². The molecule has 2 fully saturated rings. The second kappa shape index (κ2) is 15.8. The molecule has 14 heteroatoms. The van der Waals surface area contributed by atoms with Crippen molar-refractivity contribution in [3.8, 4) is 16.9 Å². The lowest BCUT2D eigenvalue weighted by Crippen LogP contribution is -2.49. The summed E-state index contributed by atoms with van der Waals surface area (Å²) in [5.41, 5.74) is 3.33. The number of carbonyl (C=O) groups excluding carboxylic acids is 1. The average molecular weight is 718 g/mol. The summed E-state index contributed by atoms with van der Waals surface area (Å²) in [6.45, 7) is -0.880. The highest BCUT2D eigenvalue weighted by Crippen LogP contribution is 2.50. The molecule has 1 heterocycles. The normalized spacial score (nSPS) is 17.9. The fourth-order valence-corrected chi connectivity index (χ4v) is 7.30. The van der Waals surface area contributed by atoms with Crippen molar-refractivity contribution < 1.29 is 43.5 Å². The number of hydrogen-bond acceptors (Lipinski definition) is 11. The van der Waals surface area contributed by atoms with E-state index in [1.165, 1.54) is 13.1 Å². The maximum Gasteiger partial charge on any atom is 0.222 e. The van der Waals surface area contributed by atoms with Gasteiger partial charge in [0.2, 0.25) is 5.91 Å². The van der Waals surface area contributed by atoms with Crippen LogP contribution in [0.4, 0.5) is 0 Å². The van der Waals surface area contributed by atoms with E-state index in [1.54, 1.807) is 18.3 Å². The predicted octanol–water partition coefficient (Wildman–Crippen LogP) is 2.17. The fraction of sp³-hybridized carbons (Fsp3) is 0.486.